The van der Waals surface area contributed by atoms with Crippen molar-refractivity contribution in [1.82, 2.24) is 4.90 Å². The third-order valence-electron chi connectivity index (χ3n) is 3.82. The Morgan fingerprint density at radius 2 is 1.96 bits per heavy atom. The van der Waals surface area contributed by atoms with Crippen molar-refractivity contribution in [3.63, 3.8) is 0 Å². The summed E-state index contributed by atoms with van der Waals surface area (Å²) in [5.74, 6) is -3.01. The summed E-state index contributed by atoms with van der Waals surface area (Å²) in [5.41, 5.74) is -0.0757. The molecule has 0 spiro atoms. The zero-order chi connectivity index (χ0) is 18.6. The van der Waals surface area contributed by atoms with E-state index in [1.54, 1.807) is 4.90 Å². The number of hydrogen-bond donors (Lipinski definition) is 1. The minimum atomic E-state index is -1.24. The third-order valence-corrected chi connectivity index (χ3v) is 4.20. The predicted octanol–water partition coefficient (Wildman–Crippen LogP) is 3.79. The van der Waals surface area contributed by atoms with E-state index in [1.807, 2.05) is 13.8 Å². The first-order valence-corrected chi connectivity index (χ1v) is 8.62. The van der Waals surface area contributed by atoms with Crippen molar-refractivity contribution < 1.29 is 27.4 Å². The van der Waals surface area contributed by atoms with Gasteiger partial charge in [-0.15, -0.1) is 0 Å². The molecule has 0 saturated carbocycles. The first kappa shape index (κ1) is 19.9. The maximum absolute atomic E-state index is 13.6. The third kappa shape index (κ3) is 5.54. The highest BCUT2D eigenvalue weighted by Gasteiger charge is 2.34. The molecule has 1 aliphatic heterocycles. The van der Waals surface area contributed by atoms with Gasteiger partial charge in [0.2, 0.25) is 0 Å². The van der Waals surface area contributed by atoms with Crippen molar-refractivity contribution in [2.45, 2.75) is 38.2 Å². The second kappa shape index (κ2) is 8.80. The molecule has 2 atom stereocenters. The fourth-order valence-corrected chi connectivity index (χ4v) is 2.99. The van der Waals surface area contributed by atoms with Crippen LogP contribution in [0.15, 0.2) is 12.1 Å². The number of hydrogen-bond acceptors (Lipinski definition) is 4. The van der Waals surface area contributed by atoms with Crippen molar-refractivity contribution in [1.29, 1.82) is 0 Å². The van der Waals surface area contributed by atoms with Crippen molar-refractivity contribution in [3.8, 4) is 0 Å². The Bertz CT molecular complexity index is 615. The van der Waals surface area contributed by atoms with E-state index in [-0.39, 0.29) is 36.0 Å². The Balaban J connectivity index is 1.90. The van der Waals surface area contributed by atoms with Gasteiger partial charge in [-0.2, -0.15) is 12.6 Å². The Labute approximate surface area is 150 Å². The van der Waals surface area contributed by atoms with Crippen LogP contribution in [0.25, 0.3) is 0 Å². The number of thiol groups is 1. The first-order valence-electron chi connectivity index (χ1n) is 8.10. The van der Waals surface area contributed by atoms with E-state index < -0.39 is 23.5 Å². The van der Waals surface area contributed by atoms with Crippen LogP contribution in [0.5, 0.6) is 0 Å². The van der Waals surface area contributed by atoms with Gasteiger partial charge in [0.25, 0.3) is 0 Å². The molecular weight excluding hydrogens is 355 g/mol. The van der Waals surface area contributed by atoms with Gasteiger partial charge in [-0.05, 0) is 18.4 Å². The van der Waals surface area contributed by atoms with Gasteiger partial charge in [-0.3, -0.25) is 0 Å². The molecule has 0 unspecified atom stereocenters. The van der Waals surface area contributed by atoms with Crippen LogP contribution < -0.4 is 0 Å². The normalized spacial score (nSPS) is 20.4. The van der Waals surface area contributed by atoms with Gasteiger partial charge in [0.05, 0.1) is 25.9 Å². The Morgan fingerprint density at radius 1 is 1.28 bits per heavy atom. The SMILES string of the molecule is CC(C)COC(=O)N1C[C@H](S)C[C@H]1COCc1cc(F)c(F)cc1F. The van der Waals surface area contributed by atoms with E-state index in [0.29, 0.717) is 25.6 Å². The largest absolute Gasteiger partial charge is 0.449 e. The van der Waals surface area contributed by atoms with Crippen molar-refractivity contribution in [2.75, 3.05) is 19.8 Å². The van der Waals surface area contributed by atoms with E-state index in [1.165, 1.54) is 0 Å². The Kier molecular flexibility index (Phi) is 7.01. The molecular formula is C17H22F3NO3S. The second-order valence-corrected chi connectivity index (χ2v) is 7.27. The van der Waals surface area contributed by atoms with Crippen molar-refractivity contribution >= 4 is 18.7 Å². The van der Waals surface area contributed by atoms with Crippen LogP contribution in [-0.4, -0.2) is 42.0 Å². The lowest BCUT2D eigenvalue weighted by atomic mass is 10.2. The molecule has 1 saturated heterocycles. The zero-order valence-corrected chi connectivity index (χ0v) is 15.1. The lowest BCUT2D eigenvalue weighted by Gasteiger charge is -2.24. The van der Waals surface area contributed by atoms with E-state index >= 15 is 0 Å². The van der Waals surface area contributed by atoms with Gasteiger partial charge in [0, 0.05) is 23.4 Å². The topological polar surface area (TPSA) is 38.8 Å². The van der Waals surface area contributed by atoms with Gasteiger partial charge in [-0.1, -0.05) is 13.8 Å². The minimum absolute atomic E-state index is 0.000187. The number of amides is 1. The standard InChI is InChI=1S/C17H22F3NO3S/c1-10(2)7-24-17(22)21-6-13(25)4-12(21)9-23-8-11-3-15(19)16(20)5-14(11)18/h3,5,10,12-13,25H,4,6-9H2,1-2H3/t12-,13+/m0/s1. The highest BCUT2D eigenvalue weighted by molar-refractivity contribution is 7.81. The summed E-state index contributed by atoms with van der Waals surface area (Å²) in [7, 11) is 0. The van der Waals surface area contributed by atoms with E-state index in [0.717, 1.165) is 6.07 Å². The van der Waals surface area contributed by atoms with Crippen LogP contribution in [0, 0.1) is 23.4 Å². The number of carbonyl (C=O) groups excluding carboxylic acids is 1. The Hall–Kier alpha value is -1.41. The molecule has 1 heterocycles. The number of nitrogens with zero attached hydrogens (tertiary/aromatic N) is 1. The quantitative estimate of drug-likeness (QED) is 0.606. The van der Waals surface area contributed by atoms with Crippen LogP contribution in [0.1, 0.15) is 25.8 Å². The van der Waals surface area contributed by atoms with Crippen LogP contribution in [-0.2, 0) is 16.1 Å². The molecule has 1 aliphatic rings. The van der Waals surface area contributed by atoms with Crippen LogP contribution >= 0.6 is 12.6 Å². The molecule has 140 valence electrons. The summed E-state index contributed by atoms with van der Waals surface area (Å²) in [5, 5.41) is 0.000187. The average Bonchev–Trinajstić information content (AvgIpc) is 2.90. The molecule has 0 N–H and O–H groups in total. The molecule has 0 radical (unpaired) electrons. The van der Waals surface area contributed by atoms with Gasteiger partial charge in [0.1, 0.15) is 5.82 Å². The molecule has 0 bridgehead atoms. The number of likely N-dealkylation sites (tertiary alicyclic amines) is 1. The van der Waals surface area contributed by atoms with E-state index in [4.69, 9.17) is 9.47 Å². The molecule has 0 aromatic heterocycles. The second-order valence-electron chi connectivity index (χ2n) is 6.54. The maximum atomic E-state index is 13.6. The smallest absolute Gasteiger partial charge is 0.410 e. The van der Waals surface area contributed by atoms with Gasteiger partial charge >= 0.3 is 6.09 Å². The molecule has 1 fully saturated rings. The molecule has 0 aliphatic carbocycles. The molecule has 4 nitrogen and oxygen atoms in total. The lowest BCUT2D eigenvalue weighted by molar-refractivity contribution is 0.0473. The van der Waals surface area contributed by atoms with Gasteiger partial charge < -0.3 is 14.4 Å². The first-order chi connectivity index (χ1) is 11.8. The summed E-state index contributed by atoms with van der Waals surface area (Å²) < 4.78 is 50.3. The summed E-state index contributed by atoms with van der Waals surface area (Å²) in [4.78, 5) is 13.7. The number of halogens is 3. The fraction of sp³-hybridized carbons (Fsp3) is 0.588. The van der Waals surface area contributed by atoms with Gasteiger partial charge in [0.15, 0.2) is 11.6 Å². The molecule has 1 aromatic carbocycles. The highest BCUT2D eigenvalue weighted by Crippen LogP contribution is 2.24. The molecule has 1 aromatic rings. The average molecular weight is 377 g/mol. The van der Waals surface area contributed by atoms with Crippen molar-refractivity contribution in [2.24, 2.45) is 5.92 Å². The zero-order valence-electron chi connectivity index (χ0n) is 14.2. The van der Waals surface area contributed by atoms with Crippen LogP contribution in [0.4, 0.5) is 18.0 Å². The van der Waals surface area contributed by atoms with Crippen molar-refractivity contribution in [3.05, 3.63) is 35.1 Å². The summed E-state index contributed by atoms with van der Waals surface area (Å²) >= 11 is 4.39. The maximum Gasteiger partial charge on any atom is 0.410 e. The lowest BCUT2D eigenvalue weighted by Crippen LogP contribution is -2.39. The number of rotatable bonds is 6. The number of benzene rings is 1. The van der Waals surface area contributed by atoms with E-state index in [9.17, 15) is 18.0 Å². The fourth-order valence-electron chi connectivity index (χ4n) is 2.57. The molecule has 2 rings (SSSR count). The van der Waals surface area contributed by atoms with Crippen LogP contribution in [0.3, 0.4) is 0 Å². The van der Waals surface area contributed by atoms with Crippen LogP contribution in [0.2, 0.25) is 0 Å². The Morgan fingerprint density at radius 3 is 2.64 bits per heavy atom. The van der Waals surface area contributed by atoms with E-state index in [2.05, 4.69) is 12.6 Å². The summed E-state index contributed by atoms with van der Waals surface area (Å²) in [6.07, 6.45) is 0.179. The summed E-state index contributed by atoms with van der Waals surface area (Å²) in [6.45, 7) is 4.55. The molecule has 1 amide bonds. The monoisotopic (exact) mass is 377 g/mol. The predicted molar refractivity (Wildman–Crippen MR) is 90.0 cm³/mol. The highest BCUT2D eigenvalue weighted by atomic mass is 32.1. The molecule has 25 heavy (non-hydrogen) atoms. The minimum Gasteiger partial charge on any atom is -0.449 e. The number of ether oxygens (including phenoxy) is 2. The summed E-state index contributed by atoms with van der Waals surface area (Å²) in [6, 6.07) is 1.01. The number of carbonyl (C=O) groups is 1. The van der Waals surface area contributed by atoms with Gasteiger partial charge in [-0.25, -0.2) is 18.0 Å². The molecule has 8 heteroatoms.